The van der Waals surface area contributed by atoms with Crippen molar-refractivity contribution in [1.29, 1.82) is 0 Å². The minimum Gasteiger partial charge on any atom is -0.0767 e. The molecule has 0 saturated carbocycles. The Bertz CT molecular complexity index is 373. The third-order valence-corrected chi connectivity index (χ3v) is 2.45. The van der Waals surface area contributed by atoms with E-state index in [-0.39, 0.29) is 0 Å². The highest BCUT2D eigenvalue weighted by atomic mass is 14.0. The van der Waals surface area contributed by atoms with Gasteiger partial charge in [-0.15, -0.1) is 0 Å². The second-order valence-electron chi connectivity index (χ2n) is 3.55. The molecule has 0 radical (unpaired) electrons. The molecule has 0 aromatic heterocycles. The maximum absolute atomic E-state index is 2.37. The maximum atomic E-state index is 2.37. The lowest BCUT2D eigenvalue weighted by Crippen LogP contribution is -2.23. The molecule has 1 aliphatic rings. The van der Waals surface area contributed by atoms with Gasteiger partial charge in [0.05, 0.1) is 0 Å². The minimum absolute atomic E-state index is 0.727. The van der Waals surface area contributed by atoms with Gasteiger partial charge in [-0.25, -0.2) is 0 Å². The number of benzene rings is 1. The Morgan fingerprint density at radius 1 is 1.17 bits per heavy atom. The number of rotatable bonds is 0. The Balaban J connectivity index is 2.68. The molecule has 62 valence electrons. The van der Waals surface area contributed by atoms with Crippen LogP contribution in [0.5, 0.6) is 0 Å². The van der Waals surface area contributed by atoms with Crippen molar-refractivity contribution in [3.8, 4) is 0 Å². The molecule has 0 aliphatic heterocycles. The molecule has 0 bridgehead atoms. The van der Waals surface area contributed by atoms with Gasteiger partial charge in [0.15, 0.2) is 0 Å². The SMILES string of the molecule is CC1C=c2ccccc2=CCC1. The molecule has 0 N–H and O–H groups in total. The summed E-state index contributed by atoms with van der Waals surface area (Å²) >= 11 is 0. The maximum Gasteiger partial charge on any atom is -0.0225 e. The van der Waals surface area contributed by atoms with E-state index in [4.69, 9.17) is 0 Å². The molecule has 1 unspecified atom stereocenters. The van der Waals surface area contributed by atoms with Crippen LogP contribution in [0.4, 0.5) is 0 Å². The first-order chi connectivity index (χ1) is 5.86. The van der Waals surface area contributed by atoms with Crippen LogP contribution in [0.15, 0.2) is 24.3 Å². The van der Waals surface area contributed by atoms with E-state index in [0.29, 0.717) is 0 Å². The van der Waals surface area contributed by atoms with Crippen molar-refractivity contribution < 1.29 is 0 Å². The van der Waals surface area contributed by atoms with E-state index in [2.05, 4.69) is 43.3 Å². The fraction of sp³-hybridized carbons (Fsp3) is 0.333. The van der Waals surface area contributed by atoms with Gasteiger partial charge in [0.2, 0.25) is 0 Å². The fourth-order valence-corrected chi connectivity index (χ4v) is 1.74. The van der Waals surface area contributed by atoms with Gasteiger partial charge in [-0.05, 0) is 29.2 Å². The summed E-state index contributed by atoms with van der Waals surface area (Å²) in [5, 5.41) is 2.81. The van der Waals surface area contributed by atoms with Crippen molar-refractivity contribution in [3.05, 3.63) is 34.7 Å². The molecule has 1 aliphatic carbocycles. The zero-order valence-electron chi connectivity index (χ0n) is 7.46. The second kappa shape index (κ2) is 3.14. The van der Waals surface area contributed by atoms with Gasteiger partial charge in [-0.3, -0.25) is 0 Å². The van der Waals surface area contributed by atoms with Crippen LogP contribution in [0.1, 0.15) is 19.8 Å². The molecule has 0 fully saturated rings. The third-order valence-electron chi connectivity index (χ3n) is 2.45. The zero-order valence-corrected chi connectivity index (χ0v) is 7.46. The van der Waals surface area contributed by atoms with Gasteiger partial charge in [0, 0.05) is 0 Å². The Kier molecular flexibility index (Phi) is 1.99. The summed E-state index contributed by atoms with van der Waals surface area (Å²) in [6, 6.07) is 8.62. The van der Waals surface area contributed by atoms with Gasteiger partial charge < -0.3 is 0 Å². The van der Waals surface area contributed by atoms with E-state index < -0.39 is 0 Å². The average Bonchev–Trinajstić information content (AvgIpc) is 2.25. The minimum atomic E-state index is 0.727. The molecule has 0 saturated heterocycles. The van der Waals surface area contributed by atoms with Crippen molar-refractivity contribution in [2.75, 3.05) is 0 Å². The molecule has 0 amide bonds. The van der Waals surface area contributed by atoms with E-state index in [1.807, 2.05) is 0 Å². The molecule has 0 spiro atoms. The molecule has 0 nitrogen and oxygen atoms in total. The fourth-order valence-electron chi connectivity index (χ4n) is 1.74. The molecule has 1 aromatic carbocycles. The highest BCUT2D eigenvalue weighted by Gasteiger charge is 1.99. The van der Waals surface area contributed by atoms with Crippen LogP contribution in [0.3, 0.4) is 0 Å². The number of hydrogen-bond donors (Lipinski definition) is 0. The van der Waals surface area contributed by atoms with E-state index in [0.717, 1.165) is 5.92 Å². The van der Waals surface area contributed by atoms with Crippen molar-refractivity contribution in [2.45, 2.75) is 19.8 Å². The summed E-state index contributed by atoms with van der Waals surface area (Å²) in [6.45, 7) is 2.29. The van der Waals surface area contributed by atoms with Crippen LogP contribution < -0.4 is 10.4 Å². The summed E-state index contributed by atoms with van der Waals surface area (Å²) in [7, 11) is 0. The van der Waals surface area contributed by atoms with Crippen LogP contribution in [0.2, 0.25) is 0 Å². The van der Waals surface area contributed by atoms with Crippen molar-refractivity contribution in [2.24, 2.45) is 5.92 Å². The van der Waals surface area contributed by atoms with Crippen molar-refractivity contribution in [3.63, 3.8) is 0 Å². The predicted octanol–water partition coefficient (Wildman–Crippen LogP) is 1.68. The Hall–Kier alpha value is -1.04. The second-order valence-corrected chi connectivity index (χ2v) is 3.55. The van der Waals surface area contributed by atoms with E-state index in [9.17, 15) is 0 Å². The quantitative estimate of drug-likeness (QED) is 0.539. The summed E-state index contributed by atoms with van der Waals surface area (Å²) in [5.74, 6) is 0.727. The average molecular weight is 158 g/mol. The number of hydrogen-bond acceptors (Lipinski definition) is 0. The van der Waals surface area contributed by atoms with Gasteiger partial charge in [-0.1, -0.05) is 43.3 Å². The van der Waals surface area contributed by atoms with Gasteiger partial charge in [0.1, 0.15) is 0 Å². The first kappa shape index (κ1) is 7.60. The van der Waals surface area contributed by atoms with Gasteiger partial charge in [0.25, 0.3) is 0 Å². The van der Waals surface area contributed by atoms with Crippen molar-refractivity contribution in [1.82, 2.24) is 0 Å². The summed E-state index contributed by atoms with van der Waals surface area (Å²) < 4.78 is 0. The molecule has 0 heterocycles. The standard InChI is InChI=1S/C12H14/c1-10-5-4-8-11-6-2-3-7-12(11)9-10/h2-3,6-10H,4-5H2,1H3. The summed E-state index contributed by atoms with van der Waals surface area (Å²) in [6.07, 6.45) is 7.22. The lowest BCUT2D eigenvalue weighted by atomic mass is 10.1. The zero-order chi connectivity index (χ0) is 8.39. The normalized spacial score (nSPS) is 21.6. The lowest BCUT2D eigenvalue weighted by Gasteiger charge is -1.98. The number of fused-ring (bicyclic) bond motifs is 1. The topological polar surface area (TPSA) is 0 Å². The predicted molar refractivity (Wildman–Crippen MR) is 53.0 cm³/mol. The van der Waals surface area contributed by atoms with Crippen LogP contribution >= 0.6 is 0 Å². The largest absolute Gasteiger partial charge is 0.0767 e. The first-order valence-corrected chi connectivity index (χ1v) is 4.63. The van der Waals surface area contributed by atoms with E-state index >= 15 is 0 Å². The molecular weight excluding hydrogens is 144 g/mol. The van der Waals surface area contributed by atoms with E-state index in [1.165, 1.54) is 23.3 Å². The van der Waals surface area contributed by atoms with Gasteiger partial charge >= 0.3 is 0 Å². The lowest BCUT2D eigenvalue weighted by molar-refractivity contribution is 0.705. The van der Waals surface area contributed by atoms with E-state index in [1.54, 1.807) is 0 Å². The molecule has 1 aromatic rings. The molecule has 2 rings (SSSR count). The first-order valence-electron chi connectivity index (χ1n) is 4.63. The van der Waals surface area contributed by atoms with Crippen LogP contribution in [-0.4, -0.2) is 0 Å². The Labute approximate surface area is 73.2 Å². The highest BCUT2D eigenvalue weighted by molar-refractivity contribution is 5.35. The molecule has 12 heavy (non-hydrogen) atoms. The Morgan fingerprint density at radius 3 is 2.75 bits per heavy atom. The van der Waals surface area contributed by atoms with Crippen LogP contribution in [-0.2, 0) is 0 Å². The van der Waals surface area contributed by atoms with Crippen LogP contribution in [0.25, 0.3) is 12.2 Å². The van der Waals surface area contributed by atoms with Gasteiger partial charge in [-0.2, -0.15) is 0 Å². The monoisotopic (exact) mass is 158 g/mol. The molecular formula is C12H14. The summed E-state index contributed by atoms with van der Waals surface area (Å²) in [5.41, 5.74) is 0. The highest BCUT2D eigenvalue weighted by Crippen LogP contribution is 2.08. The molecule has 1 atom stereocenters. The smallest absolute Gasteiger partial charge is 0.0225 e. The van der Waals surface area contributed by atoms with Crippen LogP contribution in [0, 0.1) is 5.92 Å². The molecule has 0 heteroatoms. The third kappa shape index (κ3) is 1.42. The Morgan fingerprint density at radius 2 is 1.92 bits per heavy atom. The summed E-state index contributed by atoms with van der Waals surface area (Å²) in [4.78, 5) is 0. The van der Waals surface area contributed by atoms with Crippen molar-refractivity contribution >= 4 is 12.2 Å².